The first-order valence-corrected chi connectivity index (χ1v) is 10.1. The third-order valence-corrected chi connectivity index (χ3v) is 4.73. The first-order chi connectivity index (χ1) is 15.5. The molecule has 32 heavy (non-hydrogen) atoms. The number of nitrogens with zero attached hydrogens (tertiary/aromatic N) is 1. The summed E-state index contributed by atoms with van der Waals surface area (Å²) in [4.78, 5) is 24.2. The van der Waals surface area contributed by atoms with Gasteiger partial charge in [-0.3, -0.25) is 9.59 Å². The Balaban J connectivity index is 1.54. The summed E-state index contributed by atoms with van der Waals surface area (Å²) in [6.45, 7) is 2.14. The number of carbonyl (C=O) groups is 2. The van der Waals surface area contributed by atoms with Crippen molar-refractivity contribution >= 4 is 34.8 Å². The van der Waals surface area contributed by atoms with Gasteiger partial charge in [0.2, 0.25) is 0 Å². The molecule has 0 aliphatic heterocycles. The van der Waals surface area contributed by atoms with Crippen LogP contribution in [0.4, 0.5) is 5.69 Å². The van der Waals surface area contributed by atoms with Gasteiger partial charge in [-0.05, 0) is 66.6 Å². The minimum atomic E-state index is -0.891. The molecule has 0 saturated carbocycles. The van der Waals surface area contributed by atoms with Crippen molar-refractivity contribution in [2.45, 2.75) is 13.5 Å². The molecule has 0 unspecified atom stereocenters. The summed E-state index contributed by atoms with van der Waals surface area (Å²) in [6, 6.07) is 21.5. The quantitative estimate of drug-likeness (QED) is 0.316. The van der Waals surface area contributed by atoms with Crippen LogP contribution < -0.4 is 20.2 Å². The van der Waals surface area contributed by atoms with Crippen LogP contribution in [-0.2, 0) is 16.2 Å². The Hall–Kier alpha value is -3.84. The number of carbonyl (C=O) groups excluding carboxylic acids is 2. The van der Waals surface area contributed by atoms with E-state index in [4.69, 9.17) is 21.1 Å². The minimum Gasteiger partial charge on any atom is -0.495 e. The lowest BCUT2D eigenvalue weighted by Gasteiger charge is -2.09. The second-order valence-electron chi connectivity index (χ2n) is 6.73. The highest BCUT2D eigenvalue weighted by atomic mass is 35.5. The van der Waals surface area contributed by atoms with Gasteiger partial charge in [0.1, 0.15) is 18.1 Å². The molecule has 8 heteroatoms. The van der Waals surface area contributed by atoms with Gasteiger partial charge in [0.15, 0.2) is 0 Å². The maximum absolute atomic E-state index is 12.1. The molecule has 3 aromatic rings. The van der Waals surface area contributed by atoms with E-state index in [-0.39, 0.29) is 0 Å². The molecule has 0 fully saturated rings. The molecule has 0 aliphatic carbocycles. The Morgan fingerprint density at radius 1 is 0.938 bits per heavy atom. The van der Waals surface area contributed by atoms with Crippen LogP contribution in [0.5, 0.6) is 11.5 Å². The zero-order valence-corrected chi connectivity index (χ0v) is 18.3. The van der Waals surface area contributed by atoms with Gasteiger partial charge < -0.3 is 14.8 Å². The number of halogens is 1. The third-order valence-electron chi connectivity index (χ3n) is 4.48. The van der Waals surface area contributed by atoms with E-state index < -0.39 is 11.8 Å². The topological polar surface area (TPSA) is 89.0 Å². The normalized spacial score (nSPS) is 10.9. The summed E-state index contributed by atoms with van der Waals surface area (Å²) in [5, 5.41) is 7.17. The SMILES string of the molecule is COc1ccccc1NC(=O)C(=O)N/N=C(\C)c1ccc(OCc2ccc(Cl)cc2)cc1. The lowest BCUT2D eigenvalue weighted by molar-refractivity contribution is -0.136. The molecule has 3 aromatic carbocycles. The van der Waals surface area contributed by atoms with Crippen LogP contribution in [0.2, 0.25) is 5.02 Å². The summed E-state index contributed by atoms with van der Waals surface area (Å²) >= 11 is 5.88. The number of para-hydroxylation sites is 2. The van der Waals surface area contributed by atoms with Crippen molar-refractivity contribution in [3.63, 3.8) is 0 Å². The van der Waals surface area contributed by atoms with Gasteiger partial charge in [0, 0.05) is 5.02 Å². The standard InChI is InChI=1S/C24H22ClN3O4/c1-16(27-28-24(30)23(29)26-21-5-3-4-6-22(21)31-2)18-9-13-20(14-10-18)32-15-17-7-11-19(25)12-8-17/h3-14H,15H2,1-2H3,(H,26,29)(H,28,30)/b27-16+. The number of benzene rings is 3. The maximum atomic E-state index is 12.1. The van der Waals surface area contributed by atoms with Crippen LogP contribution in [0, 0.1) is 0 Å². The van der Waals surface area contributed by atoms with Crippen molar-refractivity contribution in [1.29, 1.82) is 0 Å². The molecule has 2 amide bonds. The molecule has 2 N–H and O–H groups in total. The Bertz CT molecular complexity index is 1110. The smallest absolute Gasteiger partial charge is 0.329 e. The number of nitrogens with one attached hydrogen (secondary N) is 2. The molecule has 0 heterocycles. The summed E-state index contributed by atoms with van der Waals surface area (Å²) in [6.07, 6.45) is 0. The summed E-state index contributed by atoms with van der Waals surface area (Å²) in [7, 11) is 1.48. The largest absolute Gasteiger partial charge is 0.495 e. The van der Waals surface area contributed by atoms with E-state index >= 15 is 0 Å². The van der Waals surface area contributed by atoms with Gasteiger partial charge in [0.25, 0.3) is 0 Å². The monoisotopic (exact) mass is 451 g/mol. The molecule has 0 atom stereocenters. The number of anilines is 1. The zero-order valence-electron chi connectivity index (χ0n) is 17.6. The second-order valence-corrected chi connectivity index (χ2v) is 7.17. The number of rotatable bonds is 7. The molecule has 0 bridgehead atoms. The van der Waals surface area contributed by atoms with Gasteiger partial charge >= 0.3 is 11.8 Å². The highest BCUT2D eigenvalue weighted by molar-refractivity contribution is 6.39. The third kappa shape index (κ3) is 6.33. The molecule has 0 radical (unpaired) electrons. The van der Waals surface area contributed by atoms with Gasteiger partial charge in [-0.25, -0.2) is 5.43 Å². The van der Waals surface area contributed by atoms with E-state index in [1.165, 1.54) is 7.11 Å². The fourth-order valence-electron chi connectivity index (χ4n) is 2.72. The van der Waals surface area contributed by atoms with Crippen molar-refractivity contribution in [3.05, 3.63) is 88.9 Å². The van der Waals surface area contributed by atoms with Crippen LogP contribution in [0.15, 0.2) is 77.9 Å². The van der Waals surface area contributed by atoms with Gasteiger partial charge in [-0.15, -0.1) is 0 Å². The predicted octanol–water partition coefficient (Wildman–Crippen LogP) is 4.41. The summed E-state index contributed by atoms with van der Waals surface area (Å²) < 4.78 is 10.9. The number of methoxy groups -OCH3 is 1. The van der Waals surface area contributed by atoms with Crippen LogP contribution in [0.25, 0.3) is 0 Å². The molecular formula is C24H22ClN3O4. The van der Waals surface area contributed by atoms with Crippen molar-refractivity contribution in [1.82, 2.24) is 5.43 Å². The molecule has 164 valence electrons. The highest BCUT2D eigenvalue weighted by Gasteiger charge is 2.15. The van der Waals surface area contributed by atoms with Crippen molar-refractivity contribution in [3.8, 4) is 11.5 Å². The van der Waals surface area contributed by atoms with E-state index in [9.17, 15) is 9.59 Å². The van der Waals surface area contributed by atoms with Crippen molar-refractivity contribution < 1.29 is 19.1 Å². The Morgan fingerprint density at radius 2 is 1.62 bits per heavy atom. The van der Waals surface area contributed by atoms with Crippen LogP contribution in [-0.4, -0.2) is 24.6 Å². The van der Waals surface area contributed by atoms with Crippen molar-refractivity contribution in [2.24, 2.45) is 5.10 Å². The number of hydrazone groups is 1. The average molecular weight is 452 g/mol. The first-order valence-electron chi connectivity index (χ1n) is 9.72. The molecule has 3 rings (SSSR count). The first kappa shape index (κ1) is 22.8. The number of hydrogen-bond donors (Lipinski definition) is 2. The molecule has 0 aliphatic rings. The van der Waals surface area contributed by atoms with Crippen LogP contribution in [0.1, 0.15) is 18.1 Å². The number of hydrogen-bond acceptors (Lipinski definition) is 5. The van der Waals surface area contributed by atoms with E-state index in [1.54, 1.807) is 43.3 Å². The Kier molecular flexibility index (Phi) is 7.83. The van der Waals surface area contributed by atoms with E-state index in [0.29, 0.717) is 34.5 Å². The van der Waals surface area contributed by atoms with Gasteiger partial charge in [-0.2, -0.15) is 5.10 Å². The van der Waals surface area contributed by atoms with Crippen molar-refractivity contribution in [2.75, 3.05) is 12.4 Å². The highest BCUT2D eigenvalue weighted by Crippen LogP contribution is 2.22. The lowest BCUT2D eigenvalue weighted by Crippen LogP contribution is -2.33. The summed E-state index contributed by atoms with van der Waals surface area (Å²) in [5.74, 6) is -0.599. The number of amides is 2. The van der Waals surface area contributed by atoms with E-state index in [0.717, 1.165) is 11.1 Å². The summed E-state index contributed by atoms with van der Waals surface area (Å²) in [5.41, 5.74) is 4.96. The molecular weight excluding hydrogens is 430 g/mol. The van der Waals surface area contributed by atoms with Crippen LogP contribution in [0.3, 0.4) is 0 Å². The Labute approximate surface area is 191 Å². The van der Waals surface area contributed by atoms with Gasteiger partial charge in [0.05, 0.1) is 18.5 Å². The minimum absolute atomic E-state index is 0.394. The molecule has 0 saturated heterocycles. The average Bonchev–Trinajstić information content (AvgIpc) is 2.82. The lowest BCUT2D eigenvalue weighted by atomic mass is 10.1. The van der Waals surface area contributed by atoms with E-state index in [1.807, 2.05) is 36.4 Å². The zero-order chi connectivity index (χ0) is 22.9. The van der Waals surface area contributed by atoms with Gasteiger partial charge in [-0.1, -0.05) is 35.9 Å². The Morgan fingerprint density at radius 3 is 2.31 bits per heavy atom. The number of ether oxygens (including phenoxy) is 2. The maximum Gasteiger partial charge on any atom is 0.329 e. The van der Waals surface area contributed by atoms with Crippen LogP contribution >= 0.6 is 11.6 Å². The molecule has 0 aromatic heterocycles. The fourth-order valence-corrected chi connectivity index (χ4v) is 2.84. The van der Waals surface area contributed by atoms with E-state index in [2.05, 4.69) is 15.8 Å². The fraction of sp³-hybridized carbons (Fsp3) is 0.125. The second kappa shape index (κ2) is 11.0. The molecule has 7 nitrogen and oxygen atoms in total. The molecule has 0 spiro atoms. The predicted molar refractivity (Wildman–Crippen MR) is 124 cm³/mol.